The predicted molar refractivity (Wildman–Crippen MR) is 330 cm³/mol. The Hall–Kier alpha value is -7.75. The molecule has 0 saturated heterocycles. The number of nitrogens with two attached hydrogens (primary N) is 1. The summed E-state index contributed by atoms with van der Waals surface area (Å²) in [5.74, 6) is -1.43. The molecule has 2 aliphatic carbocycles. The molecule has 432 valence electrons. The number of benzene rings is 4. The second-order valence-electron chi connectivity index (χ2n) is 20.1. The lowest BCUT2D eigenvalue weighted by Crippen LogP contribution is -2.42. The van der Waals surface area contributed by atoms with Gasteiger partial charge < -0.3 is 47.2 Å². The topological polar surface area (TPSA) is 241 Å². The fourth-order valence-corrected chi connectivity index (χ4v) is 10.4. The van der Waals surface area contributed by atoms with E-state index in [9.17, 15) is 28.0 Å². The van der Waals surface area contributed by atoms with Gasteiger partial charge in [-0.3, -0.25) is 19.2 Å². The number of para-hydroxylation sites is 2. The number of nitrogen functional groups attached to an aromatic ring is 1. The van der Waals surface area contributed by atoms with E-state index < -0.39 is 22.8 Å². The van der Waals surface area contributed by atoms with E-state index in [2.05, 4.69) is 62.4 Å². The Morgan fingerprint density at radius 2 is 1.18 bits per heavy atom. The highest BCUT2D eigenvalue weighted by Gasteiger charge is 2.27. The van der Waals surface area contributed by atoms with Gasteiger partial charge in [0.05, 0.1) is 45.2 Å². The Morgan fingerprint density at radius 3 is 1.65 bits per heavy atom. The maximum Gasteiger partial charge on any atom is 0.251 e. The molecule has 0 unspecified atom stereocenters. The van der Waals surface area contributed by atoms with Crippen molar-refractivity contribution < 1.29 is 28.0 Å². The Morgan fingerprint density at radius 1 is 0.687 bits per heavy atom. The summed E-state index contributed by atoms with van der Waals surface area (Å²) in [6.45, 7) is 0.589. The molecule has 10 rings (SSSR count). The van der Waals surface area contributed by atoms with Gasteiger partial charge in [-0.05, 0) is 132 Å². The number of hydrogen-bond donors (Lipinski definition) is 8. The molecule has 0 spiro atoms. The van der Waals surface area contributed by atoms with Crippen LogP contribution in [0.2, 0.25) is 10.0 Å². The fourth-order valence-electron chi connectivity index (χ4n) is 9.70. The van der Waals surface area contributed by atoms with E-state index in [0.29, 0.717) is 58.0 Å². The molecule has 0 bridgehead atoms. The van der Waals surface area contributed by atoms with Crippen LogP contribution in [0.15, 0.2) is 134 Å². The minimum atomic E-state index is -0.675. The third kappa shape index (κ3) is 17.2. The molecule has 2 saturated carbocycles. The third-order valence-corrected chi connectivity index (χ3v) is 14.7. The first-order valence-electron chi connectivity index (χ1n) is 26.7. The van der Waals surface area contributed by atoms with Crippen LogP contribution in [0.3, 0.4) is 0 Å². The fraction of sp³-hybridized carbons (Fsp3) is 0.267. The van der Waals surface area contributed by atoms with E-state index in [-0.39, 0.29) is 58.5 Å². The average Bonchev–Trinajstić information content (AvgIpc) is 4.17. The number of amides is 3. The zero-order valence-electron chi connectivity index (χ0n) is 45.3. The number of fused-ring (bicyclic) bond motifs is 2. The Labute approximate surface area is 501 Å². The molecule has 4 aromatic carbocycles. The monoisotopic (exact) mass is 1250 g/mol. The molecule has 9 N–H and O–H groups in total. The van der Waals surface area contributed by atoms with Gasteiger partial charge in [-0.25, -0.2) is 28.7 Å². The summed E-state index contributed by atoms with van der Waals surface area (Å²) in [6.07, 6.45) is 19.6. The Kier molecular flexibility index (Phi) is 21.8. The largest absolute Gasteiger partial charge is 0.396 e. The summed E-state index contributed by atoms with van der Waals surface area (Å²) < 4.78 is 28.4. The van der Waals surface area contributed by atoms with E-state index in [1.807, 2.05) is 79.9 Å². The van der Waals surface area contributed by atoms with Crippen molar-refractivity contribution in [2.45, 2.75) is 75.5 Å². The van der Waals surface area contributed by atoms with Crippen LogP contribution in [-0.2, 0) is 9.59 Å². The van der Waals surface area contributed by atoms with Crippen LogP contribution in [0.25, 0.3) is 44.3 Å². The van der Waals surface area contributed by atoms with Crippen LogP contribution in [0.5, 0.6) is 0 Å². The molecule has 0 radical (unpaired) electrons. The first-order chi connectivity index (χ1) is 40.0. The second kappa shape index (κ2) is 29.5. The molecule has 4 heterocycles. The van der Waals surface area contributed by atoms with Crippen LogP contribution in [-0.4, -0.2) is 108 Å². The predicted octanol–water partition coefficient (Wildman–Crippen LogP) is 12.5. The average molecular weight is 1250 g/mol. The van der Waals surface area contributed by atoms with E-state index in [1.165, 1.54) is 36.4 Å². The molecule has 83 heavy (non-hydrogen) atoms. The lowest BCUT2D eigenvalue weighted by atomic mass is 9.91. The molecule has 4 atom stereocenters. The number of hydrogen-bond acceptors (Lipinski definition) is 12. The highest BCUT2D eigenvalue weighted by atomic mass is 79.9. The molecule has 17 nitrogen and oxygen atoms in total. The SMILES string of the molecule is CN(C)C/C=C/C(=O)Nc1ccc(C(=O)N[C@H]2CCC[C@@H](Nc3ncc(Cl)c(-c4c[nH]c5ccccc45)n3)C2)cc1F.Nc1ccc(C(=O)N[C@H]2CCC[C@@H](Nc3ncc(Cl)c(-c4c[nH]c5ccccc45)n3)C2)cc1F.O=C(Cl)/C=C/CBr. The normalized spacial score (nSPS) is 16.9. The number of aromatic amines is 2. The van der Waals surface area contributed by atoms with Crippen molar-refractivity contribution in [3.05, 3.63) is 167 Å². The van der Waals surface area contributed by atoms with Crippen molar-refractivity contribution in [1.29, 1.82) is 0 Å². The lowest BCUT2D eigenvalue weighted by molar-refractivity contribution is -0.112. The number of aromatic nitrogens is 6. The molecule has 23 heteroatoms. The summed E-state index contributed by atoms with van der Waals surface area (Å²) >= 11 is 20.9. The highest BCUT2D eigenvalue weighted by molar-refractivity contribution is 9.09. The number of allylic oxidation sites excluding steroid dienone is 2. The number of anilines is 4. The van der Waals surface area contributed by atoms with Crippen molar-refractivity contribution in [1.82, 2.24) is 45.4 Å². The summed E-state index contributed by atoms with van der Waals surface area (Å²) in [7, 11) is 3.76. The van der Waals surface area contributed by atoms with Gasteiger partial charge in [0.25, 0.3) is 11.8 Å². The molecule has 2 fully saturated rings. The second-order valence-corrected chi connectivity index (χ2v) is 21.9. The van der Waals surface area contributed by atoms with E-state index in [4.69, 9.17) is 50.5 Å². The summed E-state index contributed by atoms with van der Waals surface area (Å²) in [5, 5.41) is 18.6. The number of nitrogens with one attached hydrogen (secondary N) is 7. The molecular weight excluding hydrogens is 1190 g/mol. The highest BCUT2D eigenvalue weighted by Crippen LogP contribution is 2.35. The smallest absolute Gasteiger partial charge is 0.251 e. The van der Waals surface area contributed by atoms with Crippen molar-refractivity contribution in [3.63, 3.8) is 0 Å². The van der Waals surface area contributed by atoms with E-state index in [0.717, 1.165) is 83.6 Å². The zero-order valence-corrected chi connectivity index (χ0v) is 49.2. The van der Waals surface area contributed by atoms with Crippen LogP contribution in [0, 0.1) is 11.6 Å². The maximum atomic E-state index is 14.7. The third-order valence-electron chi connectivity index (χ3n) is 13.7. The van der Waals surface area contributed by atoms with Crippen molar-refractivity contribution >= 4 is 119 Å². The van der Waals surface area contributed by atoms with E-state index >= 15 is 0 Å². The van der Waals surface area contributed by atoms with Crippen LogP contribution >= 0.6 is 50.7 Å². The quantitative estimate of drug-likeness (QED) is 0.0195. The Bertz CT molecular complexity index is 3650. The Balaban J connectivity index is 0.000000198. The number of halogens is 6. The van der Waals surface area contributed by atoms with Crippen molar-refractivity contribution in [2.75, 3.05) is 47.7 Å². The van der Waals surface area contributed by atoms with Crippen molar-refractivity contribution in [3.8, 4) is 22.5 Å². The van der Waals surface area contributed by atoms with E-state index in [1.54, 1.807) is 24.5 Å². The molecular formula is C60H61BrCl3F2N13O4. The first kappa shape index (κ1) is 61.3. The minimum Gasteiger partial charge on any atom is -0.396 e. The van der Waals surface area contributed by atoms with Gasteiger partial charge in [0, 0.05) is 98.6 Å². The first-order valence-corrected chi connectivity index (χ1v) is 29.0. The van der Waals surface area contributed by atoms with Gasteiger partial charge in [-0.1, -0.05) is 87.7 Å². The maximum absolute atomic E-state index is 14.7. The number of rotatable bonds is 16. The minimum absolute atomic E-state index is 0.0166. The molecule has 8 aromatic rings. The van der Waals surface area contributed by atoms with Crippen LogP contribution in [0.4, 0.5) is 32.1 Å². The number of carbonyl (C=O) groups is 4. The molecule has 4 aromatic heterocycles. The number of nitrogens with zero attached hydrogens (tertiary/aromatic N) is 5. The van der Waals surface area contributed by atoms with Gasteiger partial charge >= 0.3 is 0 Å². The molecule has 3 amide bonds. The van der Waals surface area contributed by atoms with Gasteiger partial charge in [-0.15, -0.1) is 0 Å². The zero-order chi connectivity index (χ0) is 59.0. The molecule has 2 aliphatic rings. The van der Waals surface area contributed by atoms with Gasteiger partial charge in [0.1, 0.15) is 11.6 Å². The summed E-state index contributed by atoms with van der Waals surface area (Å²) in [6, 6.07) is 24.0. The number of alkyl halides is 1. The van der Waals surface area contributed by atoms with Gasteiger partial charge in [0.2, 0.25) is 23.0 Å². The van der Waals surface area contributed by atoms with Crippen LogP contribution in [0.1, 0.15) is 72.1 Å². The van der Waals surface area contributed by atoms with Gasteiger partial charge in [0.15, 0.2) is 0 Å². The lowest BCUT2D eigenvalue weighted by Gasteiger charge is -2.30. The van der Waals surface area contributed by atoms with Crippen molar-refractivity contribution in [2.24, 2.45) is 0 Å². The number of likely N-dealkylation sites (N-methyl/N-ethyl adjacent to an activating group) is 1. The van der Waals surface area contributed by atoms with Crippen LogP contribution < -0.4 is 32.3 Å². The van der Waals surface area contributed by atoms with Gasteiger partial charge in [-0.2, -0.15) is 0 Å². The molecule has 0 aliphatic heterocycles. The standard InChI is InChI=1S/C31H33ClFN7O2.C25H24ClFN6O.C4H4BrClO/c1-40(2)14-6-11-28(41)38-27-13-12-19(15-25(27)33)30(42)36-20-7-5-8-21(16-20)37-31-35-18-24(32)29(39-31)23-17-34-26-10-4-3-9-22(23)26;26-19-13-30-25(33-23(19)18-12-29-22-7-2-1-6-17(18)22)32-16-5-3-4-15(11-16)31-24(34)14-8-9-21(28)20(27)10-14;5-3-1-2-4(6)7/h3-4,6,9-13,15,17-18,20-21,34H,5,7-8,14,16H2,1-2H3,(H,36,42)(H,38,41)(H,35,37,39);1-2,6-10,12-13,15-16,29H,3-5,11,28H2,(H,31,34)(H,30,32,33);1-2H,3H2/b11-6+;;2-1+/t20-,21+;15-,16+;/m00./s1. The number of H-pyrrole nitrogens is 2. The summed E-state index contributed by atoms with van der Waals surface area (Å²) in [4.78, 5) is 74.0. The number of carbonyl (C=O) groups excluding carboxylic acids is 4. The summed E-state index contributed by atoms with van der Waals surface area (Å²) in [5.41, 5.74) is 11.1.